The molecule has 1 atom stereocenters. The number of fused-ring (bicyclic) bond motifs is 1. The van der Waals surface area contributed by atoms with Crippen molar-refractivity contribution in [3.8, 4) is 17.7 Å². The lowest BCUT2D eigenvalue weighted by Crippen LogP contribution is -2.40. The number of aliphatic hydroxyl groups excluding tert-OH is 1. The van der Waals surface area contributed by atoms with E-state index in [0.29, 0.717) is 74.1 Å². The number of carbonyl (C=O) groups is 1. The van der Waals surface area contributed by atoms with Gasteiger partial charge in [0.15, 0.2) is 17.2 Å². The van der Waals surface area contributed by atoms with E-state index in [0.717, 1.165) is 118 Å². The van der Waals surface area contributed by atoms with Gasteiger partial charge in [0.2, 0.25) is 5.88 Å². The Balaban J connectivity index is 0.651. The molecule has 1 saturated carbocycles. The van der Waals surface area contributed by atoms with Gasteiger partial charge in [-0.05, 0) is 100 Å². The molecule has 69 heavy (non-hydrogen) atoms. The van der Waals surface area contributed by atoms with Crippen LogP contribution in [0.1, 0.15) is 98.3 Å². The van der Waals surface area contributed by atoms with Gasteiger partial charge in [0.05, 0.1) is 62.0 Å². The molecule has 8 rings (SSSR count). The minimum atomic E-state index is -0.228. The number of nitrogens with zero attached hydrogens (tertiary/aromatic N) is 9. The van der Waals surface area contributed by atoms with Crippen LogP contribution in [0.5, 0.6) is 11.6 Å². The summed E-state index contributed by atoms with van der Waals surface area (Å²) in [6, 6.07) is 17.0. The highest BCUT2D eigenvalue weighted by Crippen LogP contribution is 2.30. The van der Waals surface area contributed by atoms with Crippen LogP contribution in [-0.2, 0) is 27.2 Å². The highest BCUT2D eigenvalue weighted by atomic mass is 35.5. The van der Waals surface area contributed by atoms with E-state index in [4.69, 9.17) is 45.5 Å². The summed E-state index contributed by atoms with van der Waals surface area (Å²) in [5, 5.41) is 39.1. The maximum Gasteiger partial charge on any atom is 0.272 e. The lowest BCUT2D eigenvalue weighted by atomic mass is 9.93. The summed E-state index contributed by atoms with van der Waals surface area (Å²) in [5.41, 5.74) is 3.67. The standard InChI is InChI=1S/C50H64ClN11O7/c1-2-36-34-55-62-46(30-47(57-49(36)62)61-19-4-3-5-39(61)18-22-63)53-32-35-6-15-48(54-33-35)68-28-26-66-24-23-65-25-27-67-40-16-20-60(21-17-40)45-14-13-44(58-59-45)50(64)56-38-8-11-41(12-9-38)69-42-10-7-37(31-52)43(51)29-42/h6-7,10,13-15,29-30,33-34,38-41,53,63H,2-5,8-9,11-12,16-28,32H2,1H3,(H,56,64)/t38?,39-,41?/m0/s1. The van der Waals surface area contributed by atoms with Crippen molar-refractivity contribution >= 4 is 40.6 Å². The van der Waals surface area contributed by atoms with Crippen molar-refractivity contribution in [1.82, 2.24) is 35.1 Å². The molecule has 368 valence electrons. The number of benzene rings is 1. The Kier molecular flexibility index (Phi) is 18.1. The number of nitriles is 1. The second-order valence-electron chi connectivity index (χ2n) is 17.7. The number of aliphatic hydroxyl groups is 1. The minimum absolute atomic E-state index is 0.0242. The van der Waals surface area contributed by atoms with Gasteiger partial charge >= 0.3 is 0 Å². The number of ether oxygens (including phenoxy) is 5. The Morgan fingerprint density at radius 3 is 2.41 bits per heavy atom. The van der Waals surface area contributed by atoms with Crippen LogP contribution in [0, 0.1) is 11.3 Å². The smallest absolute Gasteiger partial charge is 0.272 e. The number of hydrogen-bond donors (Lipinski definition) is 3. The normalized spacial score (nSPS) is 18.8. The van der Waals surface area contributed by atoms with Crippen molar-refractivity contribution in [2.45, 2.75) is 108 Å². The summed E-state index contributed by atoms with van der Waals surface area (Å²) in [4.78, 5) is 27.0. The summed E-state index contributed by atoms with van der Waals surface area (Å²) in [6.45, 7) is 8.05. The molecule has 0 radical (unpaired) electrons. The highest BCUT2D eigenvalue weighted by molar-refractivity contribution is 6.31. The molecule has 1 aromatic carbocycles. The molecule has 0 spiro atoms. The molecule has 6 heterocycles. The number of hydrogen-bond acceptors (Lipinski definition) is 16. The number of aromatic nitrogens is 6. The van der Waals surface area contributed by atoms with Crippen molar-refractivity contribution in [2.24, 2.45) is 0 Å². The molecule has 3 aliphatic rings. The van der Waals surface area contributed by atoms with Gasteiger partial charge in [0.25, 0.3) is 5.91 Å². The van der Waals surface area contributed by atoms with Crippen molar-refractivity contribution in [3.05, 3.63) is 88.3 Å². The summed E-state index contributed by atoms with van der Waals surface area (Å²) < 4.78 is 31.3. The molecule has 2 saturated heterocycles. The largest absolute Gasteiger partial charge is 0.490 e. The molecule has 5 aromatic rings. The number of anilines is 3. The second kappa shape index (κ2) is 25.1. The van der Waals surface area contributed by atoms with Crippen LogP contribution in [0.15, 0.2) is 60.9 Å². The van der Waals surface area contributed by atoms with Gasteiger partial charge in [-0.15, -0.1) is 10.2 Å². The molecular formula is C50H64ClN11O7. The Hall–Kier alpha value is -5.84. The SMILES string of the molecule is CCc1cnn2c(NCc3ccc(OCCOCCOCCOC4CCN(c5ccc(C(=O)NC6CCC(Oc7ccc(C#N)c(Cl)c7)CC6)nn5)CC4)nc3)cc(N3CCCC[C@H]3CCO)nc12. The van der Waals surface area contributed by atoms with E-state index < -0.39 is 0 Å². The average Bonchev–Trinajstić information content (AvgIpc) is 3.81. The second-order valence-corrected chi connectivity index (χ2v) is 18.1. The zero-order valence-electron chi connectivity index (χ0n) is 39.4. The molecule has 19 heteroatoms. The van der Waals surface area contributed by atoms with Gasteiger partial charge in [-0.2, -0.15) is 14.9 Å². The van der Waals surface area contributed by atoms with Gasteiger partial charge in [-0.3, -0.25) is 4.79 Å². The first kappa shape index (κ1) is 49.6. The van der Waals surface area contributed by atoms with Crippen LogP contribution in [-0.4, -0.2) is 131 Å². The summed E-state index contributed by atoms with van der Waals surface area (Å²) >= 11 is 6.15. The van der Waals surface area contributed by atoms with Crippen molar-refractivity contribution < 1.29 is 33.6 Å². The van der Waals surface area contributed by atoms with E-state index in [2.05, 4.69) is 59.8 Å². The molecule has 0 bridgehead atoms. The lowest BCUT2D eigenvalue weighted by Gasteiger charge is -2.36. The fraction of sp³-hybridized carbons (Fsp3) is 0.540. The molecule has 2 aliphatic heterocycles. The molecule has 1 amide bonds. The number of halogens is 1. The molecular weight excluding hydrogens is 902 g/mol. The summed E-state index contributed by atoms with van der Waals surface area (Å²) in [6.07, 6.45) is 13.7. The van der Waals surface area contributed by atoms with Gasteiger partial charge in [0, 0.05) is 74.8 Å². The van der Waals surface area contributed by atoms with Crippen LogP contribution in [0.2, 0.25) is 5.02 Å². The maximum absolute atomic E-state index is 13.0. The quantitative estimate of drug-likeness (QED) is 0.0592. The third-order valence-electron chi connectivity index (χ3n) is 13.0. The van der Waals surface area contributed by atoms with E-state index in [9.17, 15) is 9.90 Å². The zero-order valence-corrected chi connectivity index (χ0v) is 40.2. The summed E-state index contributed by atoms with van der Waals surface area (Å²) in [5.74, 6) is 3.48. The highest BCUT2D eigenvalue weighted by Gasteiger charge is 2.27. The zero-order chi connectivity index (χ0) is 47.8. The predicted octanol–water partition coefficient (Wildman–Crippen LogP) is 6.57. The summed E-state index contributed by atoms with van der Waals surface area (Å²) in [7, 11) is 0. The first-order valence-electron chi connectivity index (χ1n) is 24.5. The monoisotopic (exact) mass is 965 g/mol. The Morgan fingerprint density at radius 2 is 1.68 bits per heavy atom. The van der Waals surface area contributed by atoms with Crippen LogP contribution >= 0.6 is 11.6 Å². The molecule has 3 fully saturated rings. The van der Waals surface area contributed by atoms with Crippen LogP contribution in [0.4, 0.5) is 17.5 Å². The van der Waals surface area contributed by atoms with E-state index >= 15 is 0 Å². The Morgan fingerprint density at radius 1 is 0.870 bits per heavy atom. The van der Waals surface area contributed by atoms with Crippen LogP contribution in [0.3, 0.4) is 0 Å². The fourth-order valence-corrected chi connectivity index (χ4v) is 9.38. The number of aryl methyl sites for hydroxylation is 1. The number of piperidine rings is 2. The molecule has 0 unspecified atom stereocenters. The van der Waals surface area contributed by atoms with E-state index in [-0.39, 0.29) is 36.8 Å². The average molecular weight is 967 g/mol. The van der Waals surface area contributed by atoms with Crippen LogP contribution < -0.4 is 29.9 Å². The first-order valence-corrected chi connectivity index (χ1v) is 24.8. The predicted molar refractivity (Wildman–Crippen MR) is 261 cm³/mol. The van der Waals surface area contributed by atoms with E-state index in [1.807, 2.05) is 35.1 Å². The van der Waals surface area contributed by atoms with Gasteiger partial charge < -0.3 is 49.2 Å². The molecule has 3 N–H and O–H groups in total. The topological polar surface area (TPSA) is 207 Å². The molecule has 18 nitrogen and oxygen atoms in total. The third kappa shape index (κ3) is 13.7. The van der Waals surface area contributed by atoms with Gasteiger partial charge in [0.1, 0.15) is 30.1 Å². The van der Waals surface area contributed by atoms with Crippen molar-refractivity contribution in [1.29, 1.82) is 5.26 Å². The number of rotatable bonds is 23. The molecule has 1 aliphatic carbocycles. The Labute approximate surface area is 408 Å². The van der Waals surface area contributed by atoms with Crippen molar-refractivity contribution in [2.75, 3.05) is 81.0 Å². The minimum Gasteiger partial charge on any atom is -0.490 e. The van der Waals surface area contributed by atoms with E-state index in [1.54, 1.807) is 24.3 Å². The van der Waals surface area contributed by atoms with Crippen molar-refractivity contribution in [3.63, 3.8) is 0 Å². The van der Waals surface area contributed by atoms with Crippen LogP contribution in [0.25, 0.3) is 5.65 Å². The van der Waals surface area contributed by atoms with Gasteiger partial charge in [-0.25, -0.2) is 9.97 Å². The third-order valence-corrected chi connectivity index (χ3v) is 13.3. The number of amides is 1. The van der Waals surface area contributed by atoms with E-state index in [1.165, 1.54) is 6.42 Å². The first-order chi connectivity index (χ1) is 33.9. The molecule has 4 aromatic heterocycles. The Bertz CT molecular complexity index is 2440. The number of carbonyl (C=O) groups excluding carboxylic acids is 1. The lowest BCUT2D eigenvalue weighted by molar-refractivity contribution is -0.0198. The maximum atomic E-state index is 13.0. The van der Waals surface area contributed by atoms with Gasteiger partial charge in [-0.1, -0.05) is 24.6 Å². The fourth-order valence-electron chi connectivity index (χ4n) is 9.17. The number of nitrogens with one attached hydrogen (secondary N) is 2. The number of pyridine rings is 1.